The van der Waals surface area contributed by atoms with Crippen molar-refractivity contribution in [2.24, 2.45) is 5.11 Å². The maximum atomic E-state index is 11.3. The maximum absolute atomic E-state index is 11.3. The highest BCUT2D eigenvalue weighted by Crippen LogP contribution is 2.20. The Balaban J connectivity index is 3.28. The average molecular weight is 153 g/mol. The second-order valence-electron chi connectivity index (χ2n) is 1.67. The average Bonchev–Trinajstić information content (AvgIpc) is 1.78. The Labute approximate surface area is 55.5 Å². The predicted molar refractivity (Wildman–Crippen MR) is 29.3 cm³/mol. The van der Waals surface area contributed by atoms with Crippen LogP contribution >= 0.6 is 0 Å². The van der Waals surface area contributed by atoms with Gasteiger partial charge in [0.2, 0.25) is 0 Å². The molecular formula is C4H6F3N3. The first kappa shape index (κ1) is 9.10. The van der Waals surface area contributed by atoms with Gasteiger partial charge in [-0.1, -0.05) is 5.11 Å². The zero-order valence-corrected chi connectivity index (χ0v) is 5.10. The van der Waals surface area contributed by atoms with Crippen LogP contribution in [0, 0.1) is 0 Å². The van der Waals surface area contributed by atoms with Crippen molar-refractivity contribution in [3.05, 3.63) is 10.4 Å². The van der Waals surface area contributed by atoms with Crippen LogP contribution in [0.25, 0.3) is 10.4 Å². The van der Waals surface area contributed by atoms with Gasteiger partial charge in [-0.3, -0.25) is 0 Å². The molecule has 0 radical (unpaired) electrons. The summed E-state index contributed by atoms with van der Waals surface area (Å²) in [6, 6.07) is 0. The van der Waals surface area contributed by atoms with E-state index in [2.05, 4.69) is 10.0 Å². The van der Waals surface area contributed by atoms with E-state index in [9.17, 15) is 13.2 Å². The van der Waals surface area contributed by atoms with Crippen LogP contribution in [0.2, 0.25) is 0 Å². The Bertz CT molecular complexity index is 135. The summed E-state index contributed by atoms with van der Waals surface area (Å²) in [4.78, 5) is 2.31. The quantitative estimate of drug-likeness (QED) is 0.259. The standard InChI is InChI=1S/C4H6F3N3/c5-4(6,7)2-1-3-9-10-8/h1-3H2. The van der Waals surface area contributed by atoms with E-state index in [1.807, 2.05) is 0 Å². The zero-order chi connectivity index (χ0) is 8.04. The van der Waals surface area contributed by atoms with Crippen LogP contribution in [0.5, 0.6) is 0 Å². The van der Waals surface area contributed by atoms with E-state index in [0.29, 0.717) is 0 Å². The Morgan fingerprint density at radius 3 is 2.40 bits per heavy atom. The summed E-state index contributed by atoms with van der Waals surface area (Å²) in [5, 5.41) is 2.96. The molecule has 0 saturated carbocycles. The molecule has 6 heteroatoms. The van der Waals surface area contributed by atoms with Gasteiger partial charge in [-0.05, 0) is 12.0 Å². The van der Waals surface area contributed by atoms with Crippen LogP contribution in [0.15, 0.2) is 5.11 Å². The molecule has 0 bridgehead atoms. The first-order valence-corrected chi connectivity index (χ1v) is 2.64. The molecule has 0 N–H and O–H groups in total. The van der Waals surface area contributed by atoms with Crippen LogP contribution in [-0.2, 0) is 0 Å². The molecule has 0 unspecified atom stereocenters. The minimum absolute atomic E-state index is 0.0873. The summed E-state index contributed by atoms with van der Waals surface area (Å²) in [5.74, 6) is 0. The number of hydrogen-bond donors (Lipinski definition) is 0. The zero-order valence-electron chi connectivity index (χ0n) is 5.10. The molecule has 0 aliphatic rings. The fourth-order valence-corrected chi connectivity index (χ4v) is 0.395. The van der Waals surface area contributed by atoms with Gasteiger partial charge in [-0.2, -0.15) is 13.2 Å². The lowest BCUT2D eigenvalue weighted by Crippen LogP contribution is -2.06. The number of hydrogen-bond acceptors (Lipinski definition) is 1. The van der Waals surface area contributed by atoms with Crippen molar-refractivity contribution in [1.82, 2.24) is 0 Å². The summed E-state index contributed by atoms with van der Waals surface area (Å²) in [7, 11) is 0. The summed E-state index contributed by atoms with van der Waals surface area (Å²) in [6.07, 6.45) is -5.15. The second kappa shape index (κ2) is 4.00. The van der Waals surface area contributed by atoms with Crippen molar-refractivity contribution < 1.29 is 13.2 Å². The number of rotatable bonds is 3. The molecule has 0 aromatic carbocycles. The Hall–Kier alpha value is -0.900. The molecule has 3 nitrogen and oxygen atoms in total. The largest absolute Gasteiger partial charge is 0.389 e. The van der Waals surface area contributed by atoms with Crippen LogP contribution in [0.4, 0.5) is 13.2 Å². The van der Waals surface area contributed by atoms with E-state index in [0.717, 1.165) is 0 Å². The van der Waals surface area contributed by atoms with Crippen molar-refractivity contribution in [3.63, 3.8) is 0 Å². The number of halogens is 3. The Morgan fingerprint density at radius 1 is 1.40 bits per heavy atom. The smallest absolute Gasteiger partial charge is 0.171 e. The highest BCUT2D eigenvalue weighted by molar-refractivity contribution is 4.53. The third-order valence-corrected chi connectivity index (χ3v) is 0.782. The fraction of sp³-hybridized carbons (Fsp3) is 1.00. The maximum Gasteiger partial charge on any atom is 0.389 e. The van der Waals surface area contributed by atoms with Gasteiger partial charge >= 0.3 is 6.18 Å². The summed E-state index contributed by atoms with van der Waals surface area (Å²) in [6.45, 7) is -0.0873. The van der Waals surface area contributed by atoms with Gasteiger partial charge < -0.3 is 0 Å². The van der Waals surface area contributed by atoms with Gasteiger partial charge in [0.05, 0.1) is 0 Å². The molecule has 10 heavy (non-hydrogen) atoms. The van der Waals surface area contributed by atoms with E-state index in [4.69, 9.17) is 5.53 Å². The molecule has 0 aromatic rings. The SMILES string of the molecule is [N-]=[N+]=NCCCC(F)(F)F. The monoisotopic (exact) mass is 153 g/mol. The van der Waals surface area contributed by atoms with Gasteiger partial charge in [-0.25, -0.2) is 0 Å². The second-order valence-corrected chi connectivity index (χ2v) is 1.67. The number of alkyl halides is 3. The lowest BCUT2D eigenvalue weighted by Gasteiger charge is -2.02. The molecule has 58 valence electrons. The lowest BCUT2D eigenvalue weighted by molar-refractivity contribution is -0.134. The van der Waals surface area contributed by atoms with E-state index in [1.165, 1.54) is 0 Å². The van der Waals surface area contributed by atoms with Gasteiger partial charge in [0.1, 0.15) is 0 Å². The van der Waals surface area contributed by atoms with Crippen LogP contribution in [0.1, 0.15) is 12.8 Å². The van der Waals surface area contributed by atoms with Gasteiger partial charge in [0.15, 0.2) is 0 Å². The highest BCUT2D eigenvalue weighted by Gasteiger charge is 2.25. The van der Waals surface area contributed by atoms with Gasteiger partial charge in [0, 0.05) is 17.9 Å². The molecule has 0 saturated heterocycles. The van der Waals surface area contributed by atoms with Gasteiger partial charge in [0.25, 0.3) is 0 Å². The first-order valence-electron chi connectivity index (χ1n) is 2.64. The van der Waals surface area contributed by atoms with E-state index >= 15 is 0 Å². The van der Waals surface area contributed by atoms with Crippen molar-refractivity contribution in [1.29, 1.82) is 0 Å². The molecule has 0 heterocycles. The van der Waals surface area contributed by atoms with E-state index in [-0.39, 0.29) is 13.0 Å². The topological polar surface area (TPSA) is 48.8 Å². The van der Waals surface area contributed by atoms with Crippen molar-refractivity contribution in [2.45, 2.75) is 19.0 Å². The fourth-order valence-electron chi connectivity index (χ4n) is 0.395. The predicted octanol–water partition coefficient (Wildman–Crippen LogP) is 2.64. The first-order chi connectivity index (χ1) is 4.56. The normalized spacial score (nSPS) is 10.7. The number of nitrogens with zero attached hydrogens (tertiary/aromatic N) is 3. The Morgan fingerprint density at radius 2 is 2.00 bits per heavy atom. The summed E-state index contributed by atoms with van der Waals surface area (Å²) >= 11 is 0. The molecule has 0 aromatic heterocycles. The van der Waals surface area contributed by atoms with Crippen LogP contribution in [0.3, 0.4) is 0 Å². The molecule has 0 atom stereocenters. The third kappa shape index (κ3) is 7.10. The minimum Gasteiger partial charge on any atom is -0.171 e. The van der Waals surface area contributed by atoms with Crippen LogP contribution in [-0.4, -0.2) is 12.7 Å². The summed E-state index contributed by atoms with van der Waals surface area (Å²) in [5.41, 5.74) is 7.67. The molecule has 0 spiro atoms. The van der Waals surface area contributed by atoms with Gasteiger partial charge in [-0.15, -0.1) is 0 Å². The Kier molecular flexibility index (Phi) is 3.64. The van der Waals surface area contributed by atoms with Crippen molar-refractivity contribution in [3.8, 4) is 0 Å². The molecule has 0 amide bonds. The molecule has 0 aliphatic heterocycles. The third-order valence-electron chi connectivity index (χ3n) is 0.782. The molecule has 0 rings (SSSR count). The minimum atomic E-state index is -4.13. The van der Waals surface area contributed by atoms with Crippen LogP contribution < -0.4 is 0 Å². The van der Waals surface area contributed by atoms with E-state index < -0.39 is 12.6 Å². The van der Waals surface area contributed by atoms with E-state index in [1.54, 1.807) is 0 Å². The molecular weight excluding hydrogens is 147 g/mol. The highest BCUT2D eigenvalue weighted by atomic mass is 19.4. The molecule has 0 aliphatic carbocycles. The number of azide groups is 1. The van der Waals surface area contributed by atoms with Crippen molar-refractivity contribution in [2.75, 3.05) is 6.54 Å². The summed E-state index contributed by atoms with van der Waals surface area (Å²) < 4.78 is 34.0. The molecule has 0 fully saturated rings. The van der Waals surface area contributed by atoms with Crippen molar-refractivity contribution >= 4 is 0 Å². The lowest BCUT2D eigenvalue weighted by atomic mass is 10.3.